The van der Waals surface area contributed by atoms with E-state index in [1.807, 2.05) is 7.05 Å². The SMILES string of the molecule is COc1cc(C(=O)c2ccccn2)cc(C(=O)N(C)CCC2CCNCC2)c1. The van der Waals surface area contributed by atoms with Gasteiger partial charge in [-0.1, -0.05) is 6.07 Å². The quantitative estimate of drug-likeness (QED) is 0.747. The van der Waals surface area contributed by atoms with Crippen LogP contribution < -0.4 is 10.1 Å². The molecule has 1 saturated heterocycles. The smallest absolute Gasteiger partial charge is 0.253 e. The molecule has 2 aromatic rings. The number of piperidine rings is 1. The Balaban J connectivity index is 1.74. The number of amides is 1. The summed E-state index contributed by atoms with van der Waals surface area (Å²) in [5.74, 6) is 0.800. The van der Waals surface area contributed by atoms with Crippen molar-refractivity contribution in [3.63, 3.8) is 0 Å². The van der Waals surface area contributed by atoms with E-state index in [4.69, 9.17) is 4.74 Å². The van der Waals surface area contributed by atoms with Crippen molar-refractivity contribution < 1.29 is 14.3 Å². The van der Waals surface area contributed by atoms with Crippen LogP contribution in [0.1, 0.15) is 45.7 Å². The van der Waals surface area contributed by atoms with Crippen LogP contribution in [0.15, 0.2) is 42.6 Å². The molecule has 1 aliphatic heterocycles. The maximum atomic E-state index is 12.9. The number of methoxy groups -OCH3 is 1. The number of benzene rings is 1. The van der Waals surface area contributed by atoms with Crippen molar-refractivity contribution in [1.29, 1.82) is 0 Å². The summed E-state index contributed by atoms with van der Waals surface area (Å²) in [6, 6.07) is 10.1. The lowest BCUT2D eigenvalue weighted by atomic mass is 9.94. The van der Waals surface area contributed by atoms with E-state index in [1.165, 1.54) is 7.11 Å². The van der Waals surface area contributed by atoms with E-state index in [-0.39, 0.29) is 11.7 Å². The van der Waals surface area contributed by atoms with Crippen LogP contribution in [-0.2, 0) is 0 Å². The van der Waals surface area contributed by atoms with Gasteiger partial charge >= 0.3 is 0 Å². The first kappa shape index (κ1) is 20.0. The topological polar surface area (TPSA) is 71.5 Å². The van der Waals surface area contributed by atoms with Gasteiger partial charge in [-0.3, -0.25) is 14.6 Å². The van der Waals surface area contributed by atoms with Crippen molar-refractivity contribution in [1.82, 2.24) is 15.2 Å². The van der Waals surface area contributed by atoms with Crippen LogP contribution in [0.4, 0.5) is 0 Å². The molecule has 0 atom stereocenters. The van der Waals surface area contributed by atoms with Crippen LogP contribution in [0.2, 0.25) is 0 Å². The predicted molar refractivity (Wildman–Crippen MR) is 108 cm³/mol. The van der Waals surface area contributed by atoms with Crippen molar-refractivity contribution >= 4 is 11.7 Å². The average Bonchev–Trinajstić information content (AvgIpc) is 2.77. The molecule has 0 radical (unpaired) electrons. The Bertz CT molecular complexity index is 817. The number of pyridine rings is 1. The van der Waals surface area contributed by atoms with Gasteiger partial charge in [0.2, 0.25) is 5.78 Å². The summed E-state index contributed by atoms with van der Waals surface area (Å²) in [5.41, 5.74) is 1.19. The minimum Gasteiger partial charge on any atom is -0.497 e. The van der Waals surface area contributed by atoms with E-state index < -0.39 is 0 Å². The van der Waals surface area contributed by atoms with Crippen molar-refractivity contribution in [3.05, 3.63) is 59.4 Å². The number of carbonyl (C=O) groups is 2. The molecule has 1 N–H and O–H groups in total. The van der Waals surface area contributed by atoms with Gasteiger partial charge < -0.3 is 15.0 Å². The lowest BCUT2D eigenvalue weighted by Gasteiger charge is -2.25. The van der Waals surface area contributed by atoms with E-state index in [2.05, 4.69) is 10.3 Å². The van der Waals surface area contributed by atoms with Crippen LogP contribution in [0.5, 0.6) is 5.75 Å². The van der Waals surface area contributed by atoms with Gasteiger partial charge in [0.1, 0.15) is 11.4 Å². The molecule has 1 aromatic carbocycles. The minimum atomic E-state index is -0.231. The highest BCUT2D eigenvalue weighted by atomic mass is 16.5. The van der Waals surface area contributed by atoms with Crippen LogP contribution in [0.3, 0.4) is 0 Å². The van der Waals surface area contributed by atoms with Gasteiger partial charge in [-0.2, -0.15) is 0 Å². The molecule has 1 amide bonds. The number of nitrogens with zero attached hydrogens (tertiary/aromatic N) is 2. The second-order valence-corrected chi connectivity index (χ2v) is 7.20. The number of rotatable bonds is 7. The first-order valence-corrected chi connectivity index (χ1v) is 9.69. The van der Waals surface area contributed by atoms with Crippen molar-refractivity contribution in [2.24, 2.45) is 5.92 Å². The largest absolute Gasteiger partial charge is 0.497 e. The Hall–Kier alpha value is -2.73. The minimum absolute atomic E-state index is 0.108. The Labute approximate surface area is 165 Å². The molecular weight excluding hydrogens is 354 g/mol. The third-order valence-electron chi connectivity index (χ3n) is 5.23. The van der Waals surface area contributed by atoms with Gasteiger partial charge in [-0.05, 0) is 68.6 Å². The number of ketones is 1. The van der Waals surface area contributed by atoms with Gasteiger partial charge in [-0.25, -0.2) is 0 Å². The zero-order valence-corrected chi connectivity index (χ0v) is 16.5. The predicted octanol–water partition coefficient (Wildman–Crippen LogP) is 2.78. The molecule has 1 aromatic heterocycles. The lowest BCUT2D eigenvalue weighted by molar-refractivity contribution is 0.0784. The molecule has 0 aliphatic carbocycles. The lowest BCUT2D eigenvalue weighted by Crippen LogP contribution is -2.32. The third kappa shape index (κ3) is 4.95. The molecule has 1 aliphatic rings. The van der Waals surface area contributed by atoms with Crippen LogP contribution in [0.25, 0.3) is 0 Å². The maximum absolute atomic E-state index is 12.9. The maximum Gasteiger partial charge on any atom is 0.253 e. The van der Waals surface area contributed by atoms with E-state index in [9.17, 15) is 9.59 Å². The van der Waals surface area contributed by atoms with Crippen LogP contribution >= 0.6 is 0 Å². The summed E-state index contributed by atoms with van der Waals surface area (Å²) >= 11 is 0. The highest BCUT2D eigenvalue weighted by molar-refractivity contribution is 6.09. The van der Waals surface area contributed by atoms with Gasteiger partial charge in [-0.15, -0.1) is 0 Å². The van der Waals surface area contributed by atoms with Crippen molar-refractivity contribution in [2.75, 3.05) is 33.8 Å². The third-order valence-corrected chi connectivity index (χ3v) is 5.23. The number of hydrogen-bond donors (Lipinski definition) is 1. The Morgan fingerprint density at radius 1 is 1.18 bits per heavy atom. The number of aromatic nitrogens is 1. The van der Waals surface area contributed by atoms with E-state index in [1.54, 1.807) is 47.5 Å². The fourth-order valence-electron chi connectivity index (χ4n) is 3.48. The van der Waals surface area contributed by atoms with Gasteiger partial charge in [0.25, 0.3) is 5.91 Å². The first-order chi connectivity index (χ1) is 13.6. The molecular formula is C22H27N3O3. The number of hydrogen-bond acceptors (Lipinski definition) is 5. The molecule has 0 saturated carbocycles. The summed E-state index contributed by atoms with van der Waals surface area (Å²) in [4.78, 5) is 31.5. The summed E-state index contributed by atoms with van der Waals surface area (Å²) in [7, 11) is 3.34. The summed E-state index contributed by atoms with van der Waals surface area (Å²) in [6.45, 7) is 2.80. The first-order valence-electron chi connectivity index (χ1n) is 9.69. The highest BCUT2D eigenvalue weighted by Gasteiger charge is 2.19. The van der Waals surface area contributed by atoms with Gasteiger partial charge in [0.15, 0.2) is 0 Å². The number of nitrogens with one attached hydrogen (secondary N) is 1. The average molecular weight is 381 g/mol. The molecule has 0 spiro atoms. The fourth-order valence-corrected chi connectivity index (χ4v) is 3.48. The highest BCUT2D eigenvalue weighted by Crippen LogP contribution is 2.21. The second kappa shape index (κ2) is 9.46. The molecule has 0 unspecified atom stereocenters. The molecule has 0 bridgehead atoms. The number of carbonyl (C=O) groups excluding carboxylic acids is 2. The summed E-state index contributed by atoms with van der Waals surface area (Å²) < 4.78 is 5.32. The van der Waals surface area contributed by atoms with E-state index in [0.717, 1.165) is 32.4 Å². The normalized spacial score (nSPS) is 14.5. The monoisotopic (exact) mass is 381 g/mol. The molecule has 1 fully saturated rings. The Morgan fingerprint density at radius 3 is 2.61 bits per heavy atom. The molecule has 28 heavy (non-hydrogen) atoms. The van der Waals surface area contributed by atoms with Crippen molar-refractivity contribution in [2.45, 2.75) is 19.3 Å². The fraction of sp³-hybridized carbons (Fsp3) is 0.409. The Kier molecular flexibility index (Phi) is 6.76. The standard InChI is InChI=1S/C22H27N3O3/c1-25(12-8-16-6-10-23-11-7-16)22(27)18-13-17(14-19(15-18)28-2)21(26)20-5-3-4-9-24-20/h3-5,9,13-16,23H,6-8,10-12H2,1-2H3. The summed E-state index contributed by atoms with van der Waals surface area (Å²) in [6.07, 6.45) is 4.88. The van der Waals surface area contributed by atoms with Gasteiger partial charge in [0.05, 0.1) is 7.11 Å². The molecule has 6 heteroatoms. The van der Waals surface area contributed by atoms with E-state index in [0.29, 0.717) is 35.0 Å². The number of ether oxygens (including phenoxy) is 1. The van der Waals surface area contributed by atoms with Crippen molar-refractivity contribution in [3.8, 4) is 5.75 Å². The molecule has 6 nitrogen and oxygen atoms in total. The van der Waals surface area contributed by atoms with Crippen LogP contribution in [0, 0.1) is 5.92 Å². The zero-order chi connectivity index (χ0) is 19.9. The Morgan fingerprint density at radius 2 is 1.93 bits per heavy atom. The molecule has 2 heterocycles. The van der Waals surface area contributed by atoms with E-state index >= 15 is 0 Å². The van der Waals surface area contributed by atoms with Crippen LogP contribution in [-0.4, -0.2) is 55.4 Å². The second-order valence-electron chi connectivity index (χ2n) is 7.20. The molecule has 3 rings (SSSR count). The zero-order valence-electron chi connectivity index (χ0n) is 16.5. The molecule has 148 valence electrons. The van der Waals surface area contributed by atoms with Gasteiger partial charge in [0, 0.05) is 30.9 Å². The summed E-state index contributed by atoms with van der Waals surface area (Å²) in [5, 5.41) is 3.36.